The SMILES string of the molecule is CC[C@@H](C)c1ccc(OCC(=O)N/N=C\c2cc(Cl)c(O)c(OC)c2)cc1. The summed E-state index contributed by atoms with van der Waals surface area (Å²) < 4.78 is 10.5. The lowest BCUT2D eigenvalue weighted by atomic mass is 9.99. The molecule has 0 fully saturated rings. The lowest BCUT2D eigenvalue weighted by Crippen LogP contribution is -2.24. The number of halogens is 1. The number of carbonyl (C=O) groups excluding carboxylic acids is 1. The third-order valence-corrected chi connectivity index (χ3v) is 4.39. The van der Waals surface area contributed by atoms with Crippen LogP contribution in [0.3, 0.4) is 0 Å². The summed E-state index contributed by atoms with van der Waals surface area (Å²) in [7, 11) is 1.42. The van der Waals surface area contributed by atoms with Crippen molar-refractivity contribution in [1.29, 1.82) is 0 Å². The van der Waals surface area contributed by atoms with Crippen molar-refractivity contribution in [3.05, 3.63) is 52.5 Å². The second kappa shape index (κ2) is 9.83. The molecule has 2 N–H and O–H groups in total. The molecular formula is C20H23ClN2O4. The highest BCUT2D eigenvalue weighted by molar-refractivity contribution is 6.32. The Labute approximate surface area is 163 Å². The summed E-state index contributed by atoms with van der Waals surface area (Å²) in [5.41, 5.74) is 4.17. The van der Waals surface area contributed by atoms with E-state index in [1.54, 1.807) is 6.07 Å². The zero-order valence-corrected chi connectivity index (χ0v) is 16.3. The number of aromatic hydroxyl groups is 1. The molecule has 0 saturated carbocycles. The van der Waals surface area contributed by atoms with E-state index in [1.165, 1.54) is 25.0 Å². The van der Waals surface area contributed by atoms with Gasteiger partial charge < -0.3 is 14.6 Å². The number of nitrogens with one attached hydrogen (secondary N) is 1. The molecule has 0 aromatic heterocycles. The van der Waals surface area contributed by atoms with Crippen molar-refractivity contribution in [2.24, 2.45) is 5.10 Å². The Hall–Kier alpha value is -2.73. The summed E-state index contributed by atoms with van der Waals surface area (Å²) in [5.74, 6) is 0.793. The smallest absolute Gasteiger partial charge is 0.277 e. The molecular weight excluding hydrogens is 368 g/mol. The van der Waals surface area contributed by atoms with E-state index in [4.69, 9.17) is 21.1 Å². The first kappa shape index (κ1) is 20.6. The summed E-state index contributed by atoms with van der Waals surface area (Å²) in [6.07, 6.45) is 2.46. The van der Waals surface area contributed by atoms with Crippen LogP contribution in [0.4, 0.5) is 0 Å². The number of carbonyl (C=O) groups is 1. The van der Waals surface area contributed by atoms with Crippen LogP contribution in [0.5, 0.6) is 17.2 Å². The minimum atomic E-state index is -0.394. The Kier molecular flexibility index (Phi) is 7.49. The zero-order valence-electron chi connectivity index (χ0n) is 15.5. The first-order valence-corrected chi connectivity index (χ1v) is 8.93. The zero-order chi connectivity index (χ0) is 19.8. The van der Waals surface area contributed by atoms with Crippen molar-refractivity contribution in [3.8, 4) is 17.2 Å². The molecule has 1 amide bonds. The number of benzene rings is 2. The minimum Gasteiger partial charge on any atom is -0.503 e. The van der Waals surface area contributed by atoms with Gasteiger partial charge in [-0.15, -0.1) is 0 Å². The summed E-state index contributed by atoms with van der Waals surface area (Å²) >= 11 is 5.90. The Morgan fingerprint density at radius 3 is 2.67 bits per heavy atom. The summed E-state index contributed by atoms with van der Waals surface area (Å²) in [5, 5.41) is 13.7. The largest absolute Gasteiger partial charge is 0.503 e. The number of methoxy groups -OCH3 is 1. The van der Waals surface area contributed by atoms with E-state index in [-0.39, 0.29) is 23.1 Å². The van der Waals surface area contributed by atoms with Crippen LogP contribution in [-0.2, 0) is 4.79 Å². The molecule has 0 aliphatic carbocycles. The van der Waals surface area contributed by atoms with Gasteiger partial charge in [-0.3, -0.25) is 4.79 Å². The van der Waals surface area contributed by atoms with Gasteiger partial charge in [-0.25, -0.2) is 5.43 Å². The summed E-state index contributed by atoms with van der Waals surface area (Å²) in [6, 6.07) is 10.8. The molecule has 0 radical (unpaired) electrons. The molecule has 0 unspecified atom stereocenters. The fourth-order valence-corrected chi connectivity index (χ4v) is 2.53. The molecule has 6 nitrogen and oxygen atoms in total. The van der Waals surface area contributed by atoms with E-state index in [0.717, 1.165) is 6.42 Å². The molecule has 7 heteroatoms. The van der Waals surface area contributed by atoms with Gasteiger partial charge >= 0.3 is 0 Å². The van der Waals surface area contributed by atoms with Crippen LogP contribution in [0.25, 0.3) is 0 Å². The second-order valence-corrected chi connectivity index (χ2v) is 6.42. The van der Waals surface area contributed by atoms with Crippen LogP contribution in [0.15, 0.2) is 41.5 Å². The van der Waals surface area contributed by atoms with Gasteiger partial charge in [-0.2, -0.15) is 5.10 Å². The van der Waals surface area contributed by atoms with Crippen LogP contribution in [0, 0.1) is 0 Å². The van der Waals surface area contributed by atoms with Crippen LogP contribution in [0.1, 0.15) is 37.3 Å². The Bertz CT molecular complexity index is 806. The fraction of sp³-hybridized carbons (Fsp3) is 0.300. The highest BCUT2D eigenvalue weighted by atomic mass is 35.5. The molecule has 0 aliphatic rings. The molecule has 0 saturated heterocycles. The fourth-order valence-electron chi connectivity index (χ4n) is 2.31. The van der Waals surface area contributed by atoms with Gasteiger partial charge in [0.2, 0.25) is 0 Å². The van der Waals surface area contributed by atoms with E-state index >= 15 is 0 Å². The average Bonchev–Trinajstić information content (AvgIpc) is 2.68. The topological polar surface area (TPSA) is 80.2 Å². The normalized spacial score (nSPS) is 12.0. The van der Waals surface area contributed by atoms with Crippen LogP contribution >= 0.6 is 11.6 Å². The van der Waals surface area contributed by atoms with Gasteiger partial charge in [-0.05, 0) is 47.7 Å². The Morgan fingerprint density at radius 2 is 2.04 bits per heavy atom. The van der Waals surface area contributed by atoms with Gasteiger partial charge in [0.25, 0.3) is 5.91 Å². The number of phenolic OH excluding ortho intramolecular Hbond substituents is 1. The van der Waals surface area contributed by atoms with Gasteiger partial charge in [0.05, 0.1) is 18.3 Å². The van der Waals surface area contributed by atoms with Gasteiger partial charge in [-0.1, -0.05) is 37.6 Å². The lowest BCUT2D eigenvalue weighted by molar-refractivity contribution is -0.123. The van der Waals surface area contributed by atoms with E-state index < -0.39 is 5.91 Å². The number of rotatable bonds is 8. The molecule has 2 aromatic carbocycles. The monoisotopic (exact) mass is 390 g/mol. The van der Waals surface area contributed by atoms with Crippen LogP contribution < -0.4 is 14.9 Å². The van der Waals surface area contributed by atoms with Gasteiger partial charge in [0.15, 0.2) is 18.1 Å². The average molecular weight is 391 g/mol. The molecule has 144 valence electrons. The van der Waals surface area contributed by atoms with Crippen molar-refractivity contribution in [1.82, 2.24) is 5.43 Å². The first-order chi connectivity index (χ1) is 12.9. The lowest BCUT2D eigenvalue weighted by Gasteiger charge is -2.10. The number of nitrogens with zero attached hydrogens (tertiary/aromatic N) is 1. The molecule has 27 heavy (non-hydrogen) atoms. The molecule has 0 heterocycles. The minimum absolute atomic E-state index is 0.131. The molecule has 0 bridgehead atoms. The van der Waals surface area contributed by atoms with Crippen molar-refractivity contribution < 1.29 is 19.4 Å². The number of hydrogen-bond donors (Lipinski definition) is 2. The van der Waals surface area contributed by atoms with E-state index in [2.05, 4.69) is 24.4 Å². The maximum atomic E-state index is 11.8. The second-order valence-electron chi connectivity index (χ2n) is 6.01. The van der Waals surface area contributed by atoms with Crippen molar-refractivity contribution in [2.45, 2.75) is 26.2 Å². The third kappa shape index (κ3) is 5.89. The highest BCUT2D eigenvalue weighted by Gasteiger charge is 2.08. The number of phenols is 1. The maximum absolute atomic E-state index is 11.8. The summed E-state index contributed by atoms with van der Waals surface area (Å²) in [6.45, 7) is 4.15. The van der Waals surface area contributed by atoms with Crippen molar-refractivity contribution >= 4 is 23.7 Å². The molecule has 0 spiro atoms. The Morgan fingerprint density at radius 1 is 1.33 bits per heavy atom. The summed E-state index contributed by atoms with van der Waals surface area (Å²) in [4.78, 5) is 11.8. The molecule has 2 rings (SSSR count). The predicted octanol–water partition coefficient (Wildman–Crippen LogP) is 4.10. The van der Waals surface area contributed by atoms with E-state index in [0.29, 0.717) is 17.2 Å². The number of ether oxygens (including phenoxy) is 2. The first-order valence-electron chi connectivity index (χ1n) is 8.55. The predicted molar refractivity (Wildman–Crippen MR) is 106 cm³/mol. The number of hydrogen-bond acceptors (Lipinski definition) is 5. The molecule has 2 aromatic rings. The van der Waals surface area contributed by atoms with Crippen molar-refractivity contribution in [2.75, 3.05) is 13.7 Å². The van der Waals surface area contributed by atoms with Gasteiger partial charge in [0, 0.05) is 0 Å². The number of amides is 1. The molecule has 1 atom stereocenters. The molecule has 0 aliphatic heterocycles. The standard InChI is InChI=1S/C20H23ClN2O4/c1-4-13(2)15-5-7-16(8-6-15)27-12-19(24)23-22-11-14-9-17(21)20(25)18(10-14)26-3/h5-11,13,25H,4,12H2,1-3H3,(H,23,24)/b22-11-/t13-/m1/s1. The van der Waals surface area contributed by atoms with E-state index in [9.17, 15) is 9.90 Å². The maximum Gasteiger partial charge on any atom is 0.277 e. The third-order valence-electron chi connectivity index (χ3n) is 4.10. The Balaban J connectivity index is 1.86. The van der Waals surface area contributed by atoms with Crippen molar-refractivity contribution in [3.63, 3.8) is 0 Å². The van der Waals surface area contributed by atoms with Gasteiger partial charge in [0.1, 0.15) is 5.75 Å². The highest BCUT2D eigenvalue weighted by Crippen LogP contribution is 2.34. The quantitative estimate of drug-likeness (QED) is 0.525. The van der Waals surface area contributed by atoms with Crippen LogP contribution in [0.2, 0.25) is 5.02 Å². The van der Waals surface area contributed by atoms with E-state index in [1.807, 2.05) is 24.3 Å². The van der Waals surface area contributed by atoms with Crippen LogP contribution in [-0.4, -0.2) is 30.9 Å². The number of hydrazone groups is 1.